The number of non-ortho nitro benzene ring substituents is 1. The number of fused-ring (bicyclic) bond motifs is 2. The number of rotatable bonds is 5. The number of nitro groups is 1. The first-order valence-corrected chi connectivity index (χ1v) is 10.1. The number of nitrogens with one attached hydrogen (secondary N) is 1. The van der Waals surface area contributed by atoms with E-state index >= 15 is 0 Å². The van der Waals surface area contributed by atoms with Crippen LogP contribution in [0.5, 0.6) is 0 Å². The molecule has 5 rings (SSSR count). The van der Waals surface area contributed by atoms with Crippen LogP contribution in [-0.4, -0.2) is 16.1 Å². The summed E-state index contributed by atoms with van der Waals surface area (Å²) in [5.41, 5.74) is 8.88. The zero-order valence-electron chi connectivity index (χ0n) is 17.0. The number of para-hydroxylation sites is 2. The first-order chi connectivity index (χ1) is 15.7. The summed E-state index contributed by atoms with van der Waals surface area (Å²) in [4.78, 5) is 15.1. The second-order valence-corrected chi connectivity index (χ2v) is 7.32. The lowest BCUT2D eigenvalue weighted by Gasteiger charge is -2.11. The van der Waals surface area contributed by atoms with Gasteiger partial charge in [-0.25, -0.2) is 4.98 Å². The Bertz CT molecular complexity index is 1410. The molecule has 6 heteroatoms. The number of nitrogens with zero attached hydrogens (tertiary/aromatic N) is 3. The molecule has 5 aromatic rings. The van der Waals surface area contributed by atoms with Gasteiger partial charge in [0.15, 0.2) is 0 Å². The molecule has 154 valence electrons. The number of hydrogen-bond acceptors (Lipinski definition) is 5. The van der Waals surface area contributed by atoms with Crippen LogP contribution in [-0.2, 0) is 0 Å². The van der Waals surface area contributed by atoms with Crippen molar-refractivity contribution in [1.29, 1.82) is 0 Å². The van der Waals surface area contributed by atoms with Gasteiger partial charge >= 0.3 is 0 Å². The fraction of sp³-hybridized carbons (Fsp3) is 0. The molecule has 0 atom stereocenters. The summed E-state index contributed by atoms with van der Waals surface area (Å²) in [7, 11) is 0. The fourth-order valence-corrected chi connectivity index (χ4v) is 3.73. The third-order valence-electron chi connectivity index (χ3n) is 5.27. The molecule has 0 aliphatic heterocycles. The number of nitro benzene ring substituents is 1. The normalized spacial score (nSPS) is 11.2. The maximum atomic E-state index is 10.7. The third-order valence-corrected chi connectivity index (χ3v) is 5.27. The Morgan fingerprint density at radius 2 is 1.38 bits per heavy atom. The van der Waals surface area contributed by atoms with E-state index in [4.69, 9.17) is 4.98 Å². The number of hydrazone groups is 1. The van der Waals surface area contributed by atoms with Crippen LogP contribution < -0.4 is 5.43 Å². The first kappa shape index (κ1) is 19.4. The standard InChI is InChI=1S/C26H18N4O2/c31-30(32)21-15-9-18(10-16-21)17-27-29-20-13-11-19(12-14-20)26-22-5-1-3-7-24(22)28-25-8-4-2-6-23(25)26/h1-17,29H. The van der Waals surface area contributed by atoms with Crippen LogP contribution in [0.2, 0.25) is 0 Å². The molecule has 1 heterocycles. The van der Waals surface area contributed by atoms with E-state index < -0.39 is 4.92 Å². The lowest BCUT2D eigenvalue weighted by Crippen LogP contribution is -1.92. The monoisotopic (exact) mass is 418 g/mol. The molecule has 6 nitrogen and oxygen atoms in total. The second-order valence-electron chi connectivity index (χ2n) is 7.32. The summed E-state index contributed by atoms with van der Waals surface area (Å²) < 4.78 is 0. The Kier molecular flexibility index (Phi) is 5.01. The number of pyridine rings is 1. The van der Waals surface area contributed by atoms with Crippen LogP contribution in [0.25, 0.3) is 32.9 Å². The van der Waals surface area contributed by atoms with Gasteiger partial charge in [-0.3, -0.25) is 15.5 Å². The number of hydrogen-bond donors (Lipinski definition) is 1. The lowest BCUT2D eigenvalue weighted by molar-refractivity contribution is -0.384. The molecule has 1 aromatic heterocycles. The molecule has 0 saturated heterocycles. The minimum atomic E-state index is -0.421. The lowest BCUT2D eigenvalue weighted by atomic mass is 9.96. The Hall–Kier alpha value is -4.58. The molecule has 0 amide bonds. The van der Waals surface area contributed by atoms with E-state index in [1.807, 2.05) is 48.5 Å². The highest BCUT2D eigenvalue weighted by atomic mass is 16.6. The molecule has 0 aliphatic carbocycles. The van der Waals surface area contributed by atoms with Crippen molar-refractivity contribution in [2.24, 2.45) is 5.10 Å². The largest absolute Gasteiger partial charge is 0.279 e. The highest BCUT2D eigenvalue weighted by Crippen LogP contribution is 2.35. The highest BCUT2D eigenvalue weighted by molar-refractivity contribution is 6.09. The molecule has 0 aliphatic rings. The van der Waals surface area contributed by atoms with Crippen molar-refractivity contribution in [3.63, 3.8) is 0 Å². The van der Waals surface area contributed by atoms with Crippen molar-refractivity contribution >= 4 is 39.4 Å². The van der Waals surface area contributed by atoms with Gasteiger partial charge in [0.2, 0.25) is 0 Å². The fourth-order valence-electron chi connectivity index (χ4n) is 3.73. The maximum Gasteiger partial charge on any atom is 0.269 e. The predicted molar refractivity (Wildman–Crippen MR) is 129 cm³/mol. The van der Waals surface area contributed by atoms with Gasteiger partial charge in [-0.2, -0.15) is 5.10 Å². The van der Waals surface area contributed by atoms with Gasteiger partial charge in [0.1, 0.15) is 0 Å². The van der Waals surface area contributed by atoms with Gasteiger partial charge in [0.25, 0.3) is 5.69 Å². The molecule has 0 bridgehead atoms. The number of aromatic nitrogens is 1. The zero-order valence-corrected chi connectivity index (χ0v) is 17.0. The molecule has 0 radical (unpaired) electrons. The van der Waals surface area contributed by atoms with Gasteiger partial charge in [-0.05, 0) is 47.5 Å². The molecule has 0 fully saturated rings. The van der Waals surface area contributed by atoms with Gasteiger partial charge in [-0.1, -0.05) is 48.5 Å². The van der Waals surface area contributed by atoms with Crippen molar-refractivity contribution in [3.05, 3.63) is 113 Å². The molecule has 0 spiro atoms. The summed E-state index contributed by atoms with van der Waals surface area (Å²) >= 11 is 0. The summed E-state index contributed by atoms with van der Waals surface area (Å²) in [6, 6.07) is 30.7. The smallest absolute Gasteiger partial charge is 0.269 e. The third kappa shape index (κ3) is 3.77. The van der Waals surface area contributed by atoms with Crippen LogP contribution in [0.15, 0.2) is 102 Å². The number of benzene rings is 4. The van der Waals surface area contributed by atoms with Crippen molar-refractivity contribution in [2.45, 2.75) is 0 Å². The van der Waals surface area contributed by atoms with Crippen LogP contribution in [0, 0.1) is 10.1 Å². The Balaban J connectivity index is 1.42. The van der Waals surface area contributed by atoms with Crippen LogP contribution in [0.1, 0.15) is 5.56 Å². The van der Waals surface area contributed by atoms with E-state index in [-0.39, 0.29) is 5.69 Å². The van der Waals surface area contributed by atoms with Crippen LogP contribution in [0.4, 0.5) is 11.4 Å². The van der Waals surface area contributed by atoms with Crippen molar-refractivity contribution in [2.75, 3.05) is 5.43 Å². The van der Waals surface area contributed by atoms with E-state index in [1.165, 1.54) is 12.1 Å². The van der Waals surface area contributed by atoms with Crippen LogP contribution in [0.3, 0.4) is 0 Å². The van der Waals surface area contributed by atoms with Crippen molar-refractivity contribution < 1.29 is 4.92 Å². The van der Waals surface area contributed by atoms with E-state index in [1.54, 1.807) is 18.3 Å². The molecule has 0 saturated carbocycles. The number of anilines is 1. The predicted octanol–water partition coefficient (Wildman–Crippen LogP) is 6.41. The second kappa shape index (κ2) is 8.28. The minimum absolute atomic E-state index is 0.0573. The quantitative estimate of drug-likeness (QED) is 0.155. The topological polar surface area (TPSA) is 80.4 Å². The van der Waals surface area contributed by atoms with E-state index in [9.17, 15) is 10.1 Å². The molecule has 1 N–H and O–H groups in total. The highest BCUT2D eigenvalue weighted by Gasteiger charge is 2.10. The Labute approximate surface area is 184 Å². The SMILES string of the molecule is O=[N+]([O-])c1ccc(C=NNc2ccc(-c3c4ccccc4nc4ccccc34)cc2)cc1. The van der Waals surface area contributed by atoms with E-state index in [0.29, 0.717) is 0 Å². The molecule has 32 heavy (non-hydrogen) atoms. The Morgan fingerprint density at radius 1 is 0.781 bits per heavy atom. The molecule has 0 unspecified atom stereocenters. The van der Waals surface area contributed by atoms with Gasteiger partial charge < -0.3 is 0 Å². The summed E-state index contributed by atoms with van der Waals surface area (Å²) in [6.07, 6.45) is 1.63. The van der Waals surface area contributed by atoms with E-state index in [2.05, 4.69) is 34.8 Å². The summed E-state index contributed by atoms with van der Waals surface area (Å²) in [6.45, 7) is 0. The first-order valence-electron chi connectivity index (χ1n) is 10.1. The average molecular weight is 418 g/mol. The Morgan fingerprint density at radius 3 is 1.97 bits per heavy atom. The van der Waals surface area contributed by atoms with Crippen molar-refractivity contribution in [3.8, 4) is 11.1 Å². The summed E-state index contributed by atoms with van der Waals surface area (Å²) in [5.74, 6) is 0. The van der Waals surface area contributed by atoms with Crippen LogP contribution >= 0.6 is 0 Å². The van der Waals surface area contributed by atoms with E-state index in [0.717, 1.165) is 44.2 Å². The average Bonchev–Trinajstić information content (AvgIpc) is 2.83. The summed E-state index contributed by atoms with van der Waals surface area (Å²) in [5, 5.41) is 17.2. The zero-order chi connectivity index (χ0) is 21.9. The maximum absolute atomic E-state index is 10.7. The minimum Gasteiger partial charge on any atom is -0.279 e. The molecular weight excluding hydrogens is 400 g/mol. The van der Waals surface area contributed by atoms with Gasteiger partial charge in [0, 0.05) is 28.5 Å². The van der Waals surface area contributed by atoms with Crippen molar-refractivity contribution in [1.82, 2.24) is 4.98 Å². The molecular formula is C26H18N4O2. The molecule has 4 aromatic carbocycles. The van der Waals surface area contributed by atoms with Gasteiger partial charge in [0.05, 0.1) is 27.9 Å². The van der Waals surface area contributed by atoms with Gasteiger partial charge in [-0.15, -0.1) is 0 Å².